The number of carbonyl (C=O) groups excluding carboxylic acids is 1. The fourth-order valence-corrected chi connectivity index (χ4v) is 1.86. The SMILES string of the molecule is CC(C)(N)C(=O)Nc1ccc(OCc2ccccn2)c(Cl)c1. The number of hydrogen-bond acceptors (Lipinski definition) is 4. The average Bonchev–Trinajstić information content (AvgIpc) is 2.46. The van der Waals surface area contributed by atoms with Crippen molar-refractivity contribution in [1.29, 1.82) is 0 Å². The van der Waals surface area contributed by atoms with Gasteiger partial charge in [0.15, 0.2) is 0 Å². The Kier molecular flexibility index (Phi) is 5.00. The maximum absolute atomic E-state index is 11.8. The van der Waals surface area contributed by atoms with Crippen molar-refractivity contribution < 1.29 is 9.53 Å². The molecule has 1 aromatic heterocycles. The van der Waals surface area contributed by atoms with E-state index < -0.39 is 5.54 Å². The second-order valence-electron chi connectivity index (χ2n) is 5.43. The summed E-state index contributed by atoms with van der Waals surface area (Å²) in [5.41, 5.74) is 6.15. The molecule has 0 unspecified atom stereocenters. The molecule has 2 aromatic rings. The van der Waals surface area contributed by atoms with Gasteiger partial charge >= 0.3 is 0 Å². The van der Waals surface area contributed by atoms with E-state index in [0.29, 0.717) is 23.1 Å². The molecule has 0 aliphatic carbocycles. The highest BCUT2D eigenvalue weighted by Crippen LogP contribution is 2.28. The second-order valence-corrected chi connectivity index (χ2v) is 5.84. The molecule has 6 heteroatoms. The lowest BCUT2D eigenvalue weighted by Crippen LogP contribution is -2.45. The summed E-state index contributed by atoms with van der Waals surface area (Å²) < 4.78 is 5.62. The van der Waals surface area contributed by atoms with E-state index in [-0.39, 0.29) is 5.91 Å². The molecule has 1 aromatic carbocycles. The molecule has 22 heavy (non-hydrogen) atoms. The van der Waals surface area contributed by atoms with Gasteiger partial charge in [0.25, 0.3) is 0 Å². The molecule has 2 rings (SSSR count). The zero-order valence-corrected chi connectivity index (χ0v) is 13.2. The number of pyridine rings is 1. The van der Waals surface area contributed by atoms with Crippen molar-refractivity contribution >= 4 is 23.2 Å². The number of carbonyl (C=O) groups is 1. The van der Waals surface area contributed by atoms with Gasteiger partial charge in [0.05, 0.1) is 16.3 Å². The zero-order chi connectivity index (χ0) is 16.2. The smallest absolute Gasteiger partial charge is 0.243 e. The van der Waals surface area contributed by atoms with Crippen molar-refractivity contribution in [2.24, 2.45) is 5.73 Å². The van der Waals surface area contributed by atoms with Crippen molar-refractivity contribution in [2.45, 2.75) is 26.0 Å². The second kappa shape index (κ2) is 6.77. The summed E-state index contributed by atoms with van der Waals surface area (Å²) in [7, 11) is 0. The molecule has 0 fully saturated rings. The third-order valence-corrected chi connectivity index (χ3v) is 3.17. The van der Waals surface area contributed by atoms with E-state index >= 15 is 0 Å². The number of anilines is 1. The Morgan fingerprint density at radius 3 is 2.73 bits per heavy atom. The van der Waals surface area contributed by atoms with Crippen LogP contribution in [-0.4, -0.2) is 16.4 Å². The molecule has 5 nitrogen and oxygen atoms in total. The van der Waals surface area contributed by atoms with Gasteiger partial charge in [0.2, 0.25) is 5.91 Å². The van der Waals surface area contributed by atoms with Crippen LogP contribution in [0.4, 0.5) is 5.69 Å². The highest BCUT2D eigenvalue weighted by atomic mass is 35.5. The molecule has 0 aliphatic heterocycles. The Balaban J connectivity index is 2.02. The summed E-state index contributed by atoms with van der Waals surface area (Å²) in [6.07, 6.45) is 1.70. The van der Waals surface area contributed by atoms with Crippen LogP contribution in [-0.2, 0) is 11.4 Å². The Morgan fingerprint density at radius 1 is 1.36 bits per heavy atom. The van der Waals surface area contributed by atoms with Crippen LogP contribution in [0.5, 0.6) is 5.75 Å². The van der Waals surface area contributed by atoms with Gasteiger partial charge in [-0.2, -0.15) is 0 Å². The minimum Gasteiger partial charge on any atom is -0.486 e. The van der Waals surface area contributed by atoms with Crippen LogP contribution < -0.4 is 15.8 Å². The van der Waals surface area contributed by atoms with Crippen molar-refractivity contribution in [3.8, 4) is 5.75 Å². The topological polar surface area (TPSA) is 77.2 Å². The number of aromatic nitrogens is 1. The molecular formula is C16H18ClN3O2. The number of halogens is 1. The summed E-state index contributed by atoms with van der Waals surface area (Å²) in [6, 6.07) is 10.6. The number of nitrogens with zero attached hydrogens (tertiary/aromatic N) is 1. The highest BCUT2D eigenvalue weighted by molar-refractivity contribution is 6.32. The molecule has 1 amide bonds. The van der Waals surface area contributed by atoms with E-state index in [0.717, 1.165) is 5.69 Å². The highest BCUT2D eigenvalue weighted by Gasteiger charge is 2.22. The normalized spacial score (nSPS) is 11.1. The lowest BCUT2D eigenvalue weighted by atomic mass is 10.1. The fraction of sp³-hybridized carbons (Fsp3) is 0.250. The monoisotopic (exact) mass is 319 g/mol. The van der Waals surface area contributed by atoms with Crippen molar-refractivity contribution in [2.75, 3.05) is 5.32 Å². The largest absolute Gasteiger partial charge is 0.486 e. The third kappa shape index (κ3) is 4.44. The van der Waals surface area contributed by atoms with Crippen molar-refractivity contribution in [1.82, 2.24) is 4.98 Å². The lowest BCUT2D eigenvalue weighted by Gasteiger charge is -2.18. The van der Waals surface area contributed by atoms with Gasteiger partial charge in [-0.1, -0.05) is 17.7 Å². The lowest BCUT2D eigenvalue weighted by molar-refractivity contribution is -0.120. The Labute approximate surface area is 134 Å². The maximum atomic E-state index is 11.8. The predicted octanol–water partition coefficient (Wildman–Crippen LogP) is 2.99. The molecule has 0 saturated carbocycles. The van der Waals surface area contributed by atoms with Gasteiger partial charge < -0.3 is 15.8 Å². The molecule has 0 saturated heterocycles. The number of ether oxygens (including phenoxy) is 1. The molecule has 0 atom stereocenters. The first-order valence-electron chi connectivity index (χ1n) is 6.79. The molecule has 0 spiro atoms. The predicted molar refractivity (Wildman–Crippen MR) is 86.9 cm³/mol. The Bertz CT molecular complexity index is 654. The van der Waals surface area contributed by atoms with E-state index in [2.05, 4.69) is 10.3 Å². The summed E-state index contributed by atoms with van der Waals surface area (Å²) in [4.78, 5) is 16.0. The molecular weight excluding hydrogens is 302 g/mol. The third-order valence-electron chi connectivity index (χ3n) is 2.88. The number of rotatable bonds is 5. The first-order chi connectivity index (χ1) is 10.4. The summed E-state index contributed by atoms with van der Waals surface area (Å²) in [5, 5.41) is 3.11. The van der Waals surface area contributed by atoms with Gasteiger partial charge in [0.1, 0.15) is 12.4 Å². The first-order valence-corrected chi connectivity index (χ1v) is 7.16. The summed E-state index contributed by atoms with van der Waals surface area (Å²) in [5.74, 6) is 0.239. The minimum atomic E-state index is -0.958. The van der Waals surface area contributed by atoms with Crippen LogP contribution in [0, 0.1) is 0 Å². The number of hydrogen-bond donors (Lipinski definition) is 2. The van der Waals surface area contributed by atoms with Crippen molar-refractivity contribution in [3.05, 3.63) is 53.3 Å². The van der Waals surface area contributed by atoms with Crippen LogP contribution in [0.3, 0.4) is 0 Å². The van der Waals surface area contributed by atoms with Crippen LogP contribution in [0.2, 0.25) is 5.02 Å². The van der Waals surface area contributed by atoms with Crippen LogP contribution >= 0.6 is 11.6 Å². The molecule has 116 valence electrons. The molecule has 0 aliphatic rings. The van der Waals surface area contributed by atoms with E-state index in [1.807, 2.05) is 18.2 Å². The van der Waals surface area contributed by atoms with E-state index in [1.54, 1.807) is 38.2 Å². The summed E-state index contributed by atoms with van der Waals surface area (Å²) >= 11 is 6.17. The zero-order valence-electron chi connectivity index (χ0n) is 12.5. The molecule has 3 N–H and O–H groups in total. The number of benzene rings is 1. The van der Waals surface area contributed by atoms with Gasteiger partial charge in [0, 0.05) is 11.9 Å². The van der Waals surface area contributed by atoms with Gasteiger partial charge in [-0.3, -0.25) is 9.78 Å². The quantitative estimate of drug-likeness (QED) is 0.888. The van der Waals surface area contributed by atoms with E-state index in [9.17, 15) is 4.79 Å². The molecule has 1 heterocycles. The molecule has 0 bridgehead atoms. The van der Waals surface area contributed by atoms with E-state index in [1.165, 1.54) is 0 Å². The number of nitrogens with one attached hydrogen (secondary N) is 1. The fourth-order valence-electron chi connectivity index (χ4n) is 1.62. The maximum Gasteiger partial charge on any atom is 0.243 e. The van der Waals surface area contributed by atoms with Crippen LogP contribution in [0.25, 0.3) is 0 Å². The summed E-state index contributed by atoms with van der Waals surface area (Å²) in [6.45, 7) is 3.59. The number of nitrogens with two attached hydrogens (primary N) is 1. The Hall–Kier alpha value is -2.11. The van der Waals surface area contributed by atoms with E-state index in [4.69, 9.17) is 22.1 Å². The number of amides is 1. The van der Waals surface area contributed by atoms with Crippen LogP contribution in [0.15, 0.2) is 42.6 Å². The Morgan fingerprint density at radius 2 is 2.14 bits per heavy atom. The minimum absolute atomic E-state index is 0.286. The average molecular weight is 320 g/mol. The van der Waals surface area contributed by atoms with Crippen LogP contribution in [0.1, 0.15) is 19.5 Å². The molecule has 0 radical (unpaired) electrons. The van der Waals surface area contributed by atoms with Gasteiger partial charge in [-0.25, -0.2) is 0 Å². The van der Waals surface area contributed by atoms with Crippen molar-refractivity contribution in [3.63, 3.8) is 0 Å². The van der Waals surface area contributed by atoms with Gasteiger partial charge in [-0.05, 0) is 44.2 Å². The van der Waals surface area contributed by atoms with Gasteiger partial charge in [-0.15, -0.1) is 0 Å². The standard InChI is InChI=1S/C16H18ClN3O2/c1-16(2,18)15(21)20-11-6-7-14(13(17)9-11)22-10-12-5-3-4-8-19-12/h3-9H,10,18H2,1-2H3,(H,20,21). The first kappa shape index (κ1) is 16.3.